The van der Waals surface area contributed by atoms with Gasteiger partial charge in [-0.05, 0) is 33.2 Å². The molecule has 1 rings (SSSR count). The van der Waals surface area contributed by atoms with Crippen LogP contribution < -0.4 is 5.32 Å². The fraction of sp³-hybridized carbons (Fsp3) is 1.00. The van der Waals surface area contributed by atoms with Gasteiger partial charge in [0.15, 0.2) is 0 Å². The third-order valence-electron chi connectivity index (χ3n) is 2.97. The van der Waals surface area contributed by atoms with Gasteiger partial charge < -0.3 is 15.3 Å². The molecule has 15 heavy (non-hydrogen) atoms. The molecule has 0 bridgehead atoms. The van der Waals surface area contributed by atoms with Crippen molar-refractivity contribution in [3.05, 3.63) is 0 Å². The summed E-state index contributed by atoms with van der Waals surface area (Å²) in [6, 6.07) is 0. The zero-order valence-electron chi connectivity index (χ0n) is 10.3. The van der Waals surface area contributed by atoms with Crippen LogP contribution in [0.15, 0.2) is 0 Å². The first-order valence-corrected chi connectivity index (χ1v) is 6.23. The number of unbranched alkanes of at least 4 members (excludes halogenated alkanes) is 2. The molecule has 0 aromatic carbocycles. The lowest BCUT2D eigenvalue weighted by molar-refractivity contribution is 0.0677. The smallest absolute Gasteiger partial charge is 0.0591 e. The summed E-state index contributed by atoms with van der Waals surface area (Å²) in [7, 11) is 0. The monoisotopic (exact) mass is 214 g/mol. The maximum Gasteiger partial charge on any atom is 0.0591 e. The average molecular weight is 214 g/mol. The lowest BCUT2D eigenvalue weighted by Gasteiger charge is -2.27. The van der Waals surface area contributed by atoms with Crippen molar-refractivity contribution in [2.75, 3.05) is 32.7 Å². The van der Waals surface area contributed by atoms with E-state index in [1.165, 1.54) is 32.5 Å². The first-order chi connectivity index (χ1) is 7.08. The van der Waals surface area contributed by atoms with Gasteiger partial charge in [-0.1, -0.05) is 12.8 Å². The van der Waals surface area contributed by atoms with Crippen molar-refractivity contribution < 1.29 is 5.11 Å². The molecular formula is C12H26N2O. The number of hydrogen-bond donors (Lipinski definition) is 2. The number of hydrogen-bond acceptors (Lipinski definition) is 3. The lowest BCUT2D eigenvalue weighted by atomic mass is 10.0. The third-order valence-corrected chi connectivity index (χ3v) is 2.97. The maximum atomic E-state index is 9.55. The van der Waals surface area contributed by atoms with E-state index in [-0.39, 0.29) is 0 Å². The van der Waals surface area contributed by atoms with Crippen LogP contribution in [0.4, 0.5) is 0 Å². The van der Waals surface area contributed by atoms with Crippen LogP contribution in [0.2, 0.25) is 0 Å². The van der Waals surface area contributed by atoms with Crippen LogP contribution in [0.3, 0.4) is 0 Å². The first kappa shape index (κ1) is 12.9. The zero-order valence-corrected chi connectivity index (χ0v) is 10.3. The van der Waals surface area contributed by atoms with Gasteiger partial charge in [0.05, 0.1) is 5.60 Å². The van der Waals surface area contributed by atoms with Crippen LogP contribution in [0.1, 0.15) is 39.5 Å². The Morgan fingerprint density at radius 2 is 1.80 bits per heavy atom. The van der Waals surface area contributed by atoms with E-state index in [4.69, 9.17) is 0 Å². The summed E-state index contributed by atoms with van der Waals surface area (Å²) in [6.45, 7) is 9.70. The molecule has 0 aromatic rings. The van der Waals surface area contributed by atoms with Gasteiger partial charge in [-0.2, -0.15) is 0 Å². The molecule has 0 amide bonds. The molecule has 0 unspecified atom stereocenters. The van der Waals surface area contributed by atoms with E-state index in [1.807, 2.05) is 13.8 Å². The first-order valence-electron chi connectivity index (χ1n) is 6.23. The van der Waals surface area contributed by atoms with E-state index in [0.29, 0.717) is 0 Å². The van der Waals surface area contributed by atoms with Crippen molar-refractivity contribution in [3.63, 3.8) is 0 Å². The van der Waals surface area contributed by atoms with Gasteiger partial charge in [-0.25, -0.2) is 0 Å². The van der Waals surface area contributed by atoms with E-state index in [0.717, 1.165) is 25.9 Å². The minimum absolute atomic E-state index is 0.477. The Bertz CT molecular complexity index is 159. The summed E-state index contributed by atoms with van der Waals surface area (Å²) in [5.41, 5.74) is -0.477. The standard InChI is InChI=1S/C12H26N2O/c1-12(2,15)6-4-3-5-9-14-10-7-13-8-11-14/h13,15H,3-11H2,1-2H3. The molecule has 1 fully saturated rings. The molecule has 2 N–H and O–H groups in total. The average Bonchev–Trinajstić information content (AvgIpc) is 2.17. The number of nitrogens with zero attached hydrogens (tertiary/aromatic N) is 1. The van der Waals surface area contributed by atoms with Crippen molar-refractivity contribution in [1.82, 2.24) is 10.2 Å². The van der Waals surface area contributed by atoms with E-state index < -0.39 is 5.60 Å². The molecule has 1 aliphatic rings. The Labute approximate surface area is 93.9 Å². The lowest BCUT2D eigenvalue weighted by Crippen LogP contribution is -2.43. The van der Waals surface area contributed by atoms with Gasteiger partial charge in [-0.15, -0.1) is 0 Å². The van der Waals surface area contributed by atoms with Crippen LogP contribution in [0, 0.1) is 0 Å². The Balaban J connectivity index is 1.92. The van der Waals surface area contributed by atoms with Crippen molar-refractivity contribution in [1.29, 1.82) is 0 Å². The van der Waals surface area contributed by atoms with Crippen LogP contribution in [-0.4, -0.2) is 48.3 Å². The Hall–Kier alpha value is -0.120. The highest BCUT2D eigenvalue weighted by Crippen LogP contribution is 2.13. The molecule has 3 nitrogen and oxygen atoms in total. The van der Waals surface area contributed by atoms with E-state index in [9.17, 15) is 5.11 Å². The summed E-state index contributed by atoms with van der Waals surface area (Å²) in [5, 5.41) is 12.9. The zero-order chi connectivity index (χ0) is 11.1. The molecule has 0 atom stereocenters. The summed E-state index contributed by atoms with van der Waals surface area (Å²) in [5.74, 6) is 0. The van der Waals surface area contributed by atoms with Gasteiger partial charge in [-0.3, -0.25) is 0 Å². The number of piperazine rings is 1. The number of aliphatic hydroxyl groups is 1. The summed E-state index contributed by atoms with van der Waals surface area (Å²) < 4.78 is 0. The molecule has 0 aliphatic carbocycles. The molecular weight excluding hydrogens is 188 g/mol. The van der Waals surface area contributed by atoms with Crippen molar-refractivity contribution in [3.8, 4) is 0 Å². The largest absolute Gasteiger partial charge is 0.390 e. The molecule has 3 heteroatoms. The van der Waals surface area contributed by atoms with Crippen LogP contribution >= 0.6 is 0 Å². The fourth-order valence-corrected chi connectivity index (χ4v) is 2.00. The second kappa shape index (κ2) is 6.46. The van der Waals surface area contributed by atoms with Gasteiger partial charge in [0, 0.05) is 26.2 Å². The Kier molecular flexibility index (Phi) is 5.58. The quantitative estimate of drug-likeness (QED) is 0.653. The second-order valence-electron chi connectivity index (χ2n) is 5.21. The highest BCUT2D eigenvalue weighted by atomic mass is 16.3. The SMILES string of the molecule is CC(C)(O)CCCCCN1CCNCC1. The fourth-order valence-electron chi connectivity index (χ4n) is 2.00. The Morgan fingerprint density at radius 3 is 2.40 bits per heavy atom. The van der Waals surface area contributed by atoms with Crippen molar-refractivity contribution >= 4 is 0 Å². The molecule has 1 saturated heterocycles. The normalized spacial score (nSPS) is 19.4. The third kappa shape index (κ3) is 6.88. The molecule has 0 spiro atoms. The van der Waals surface area contributed by atoms with Crippen LogP contribution in [0.5, 0.6) is 0 Å². The van der Waals surface area contributed by atoms with Gasteiger partial charge in [0.25, 0.3) is 0 Å². The molecule has 1 aliphatic heterocycles. The minimum Gasteiger partial charge on any atom is -0.390 e. The maximum absolute atomic E-state index is 9.55. The van der Waals surface area contributed by atoms with Crippen LogP contribution in [-0.2, 0) is 0 Å². The van der Waals surface area contributed by atoms with E-state index >= 15 is 0 Å². The Morgan fingerprint density at radius 1 is 1.13 bits per heavy atom. The van der Waals surface area contributed by atoms with Gasteiger partial charge in [0.1, 0.15) is 0 Å². The second-order valence-corrected chi connectivity index (χ2v) is 5.21. The molecule has 1 heterocycles. The number of nitrogens with one attached hydrogen (secondary N) is 1. The van der Waals surface area contributed by atoms with E-state index in [2.05, 4.69) is 10.2 Å². The summed E-state index contributed by atoms with van der Waals surface area (Å²) >= 11 is 0. The summed E-state index contributed by atoms with van der Waals surface area (Å²) in [4.78, 5) is 2.53. The summed E-state index contributed by atoms with van der Waals surface area (Å²) in [6.07, 6.45) is 4.59. The highest BCUT2D eigenvalue weighted by molar-refractivity contribution is 4.68. The minimum atomic E-state index is -0.477. The topological polar surface area (TPSA) is 35.5 Å². The van der Waals surface area contributed by atoms with Crippen molar-refractivity contribution in [2.24, 2.45) is 0 Å². The van der Waals surface area contributed by atoms with Crippen LogP contribution in [0.25, 0.3) is 0 Å². The predicted octanol–water partition coefficient (Wildman–Crippen LogP) is 1.22. The molecule has 0 radical (unpaired) electrons. The van der Waals surface area contributed by atoms with Gasteiger partial charge >= 0.3 is 0 Å². The van der Waals surface area contributed by atoms with Gasteiger partial charge in [0.2, 0.25) is 0 Å². The number of rotatable bonds is 6. The molecule has 0 saturated carbocycles. The highest BCUT2D eigenvalue weighted by Gasteiger charge is 2.12. The van der Waals surface area contributed by atoms with Crippen molar-refractivity contribution in [2.45, 2.75) is 45.1 Å². The predicted molar refractivity (Wildman–Crippen MR) is 64.1 cm³/mol. The molecule has 0 aromatic heterocycles. The van der Waals surface area contributed by atoms with E-state index in [1.54, 1.807) is 0 Å². The molecule has 90 valence electrons.